The van der Waals surface area contributed by atoms with Crippen molar-refractivity contribution in [2.45, 2.75) is 56.0 Å². The predicted octanol–water partition coefficient (Wildman–Crippen LogP) is 0.579. The van der Waals surface area contributed by atoms with Crippen molar-refractivity contribution in [2.75, 3.05) is 39.1 Å². The van der Waals surface area contributed by atoms with E-state index in [1.807, 2.05) is 11.8 Å². The van der Waals surface area contributed by atoms with Crippen LogP contribution in [0.15, 0.2) is 0 Å². The molecule has 4 aliphatic rings. The minimum Gasteiger partial charge on any atom is -0.379 e. The molecule has 5 atom stereocenters. The summed E-state index contributed by atoms with van der Waals surface area (Å²) < 4.78 is 5.59. The Kier molecular flexibility index (Phi) is 5.44. The van der Waals surface area contributed by atoms with Gasteiger partial charge in [-0.25, -0.2) is 10.4 Å². The Balaban J connectivity index is 1.50. The molecule has 132 valence electrons. The van der Waals surface area contributed by atoms with E-state index in [0.29, 0.717) is 17.6 Å². The van der Waals surface area contributed by atoms with E-state index < -0.39 is 0 Å². The Morgan fingerprint density at radius 1 is 1.04 bits per heavy atom. The Bertz CT molecular complexity index is 395. The molecule has 6 nitrogen and oxygen atoms in total. The minimum atomic E-state index is 0.275. The summed E-state index contributed by atoms with van der Waals surface area (Å²) in [5.41, 5.74) is 3.93. The van der Waals surface area contributed by atoms with Crippen molar-refractivity contribution >= 4 is 11.8 Å². The van der Waals surface area contributed by atoms with Crippen LogP contribution in [0.25, 0.3) is 0 Å². The first-order valence-electron chi connectivity index (χ1n) is 9.24. The van der Waals surface area contributed by atoms with Crippen LogP contribution in [0, 0.1) is 5.92 Å². The van der Waals surface area contributed by atoms with Crippen molar-refractivity contribution in [1.29, 1.82) is 0 Å². The molecule has 4 fully saturated rings. The molecule has 0 radical (unpaired) electrons. The largest absolute Gasteiger partial charge is 0.379 e. The summed E-state index contributed by atoms with van der Waals surface area (Å²) >= 11 is 1.84. The van der Waals surface area contributed by atoms with E-state index >= 15 is 0 Å². The van der Waals surface area contributed by atoms with Gasteiger partial charge in [-0.3, -0.25) is 15.5 Å². The summed E-state index contributed by atoms with van der Waals surface area (Å²) in [6.45, 7) is 5.16. The van der Waals surface area contributed by atoms with Gasteiger partial charge in [-0.05, 0) is 25.0 Å². The van der Waals surface area contributed by atoms with Crippen LogP contribution in [-0.4, -0.2) is 72.9 Å². The zero-order valence-corrected chi connectivity index (χ0v) is 15.0. The first-order chi connectivity index (χ1) is 11.3. The predicted molar refractivity (Wildman–Crippen MR) is 93.7 cm³/mol. The number of hydrogen-bond acceptors (Lipinski definition) is 7. The highest BCUT2D eigenvalue weighted by Crippen LogP contribution is 2.31. The second-order valence-corrected chi connectivity index (χ2v) is 8.22. The lowest BCUT2D eigenvalue weighted by Gasteiger charge is -2.49. The molecule has 3 aliphatic heterocycles. The number of thioether (sulfide) groups is 1. The standard InChI is InChI=1S/C16H31N5OS/c1-23-16-18-15-17-14-12(11-21(15)19-16)5-3-2-4-6-13(14)20-7-9-22-10-8-20/h12-19H,2-11H2,1H3. The average molecular weight is 342 g/mol. The van der Waals surface area contributed by atoms with Crippen LogP contribution in [0.5, 0.6) is 0 Å². The number of hydrogen-bond donors (Lipinski definition) is 3. The number of nitrogens with one attached hydrogen (secondary N) is 3. The molecule has 0 aromatic heterocycles. The van der Waals surface area contributed by atoms with Crippen LogP contribution < -0.4 is 16.1 Å². The Morgan fingerprint density at radius 2 is 1.87 bits per heavy atom. The third-order valence-electron chi connectivity index (χ3n) is 5.93. The van der Waals surface area contributed by atoms with Crippen LogP contribution in [0.2, 0.25) is 0 Å². The van der Waals surface area contributed by atoms with Crippen molar-refractivity contribution in [3.05, 3.63) is 0 Å². The number of ether oxygens (including phenoxy) is 1. The molecule has 1 saturated carbocycles. The lowest BCUT2D eigenvalue weighted by atomic mass is 9.81. The van der Waals surface area contributed by atoms with Gasteiger partial charge in [0, 0.05) is 31.7 Å². The van der Waals surface area contributed by atoms with Gasteiger partial charge >= 0.3 is 0 Å². The lowest BCUT2D eigenvalue weighted by molar-refractivity contribution is -0.0329. The number of fused-ring (bicyclic) bond motifs is 2. The summed E-state index contributed by atoms with van der Waals surface area (Å²) in [7, 11) is 0. The number of hydrazine groups is 1. The fraction of sp³-hybridized carbons (Fsp3) is 1.00. The molecule has 0 aromatic rings. The first-order valence-corrected chi connectivity index (χ1v) is 10.5. The molecule has 1 aliphatic carbocycles. The molecular weight excluding hydrogens is 310 g/mol. The summed E-state index contributed by atoms with van der Waals surface area (Å²) in [5.74, 6) is 0.745. The number of morpholine rings is 1. The van der Waals surface area contributed by atoms with E-state index in [9.17, 15) is 0 Å². The summed E-state index contributed by atoms with van der Waals surface area (Å²) in [5, 5.41) is 10.0. The molecular formula is C16H31N5OS. The second kappa shape index (κ2) is 7.56. The average Bonchev–Trinajstić information content (AvgIpc) is 2.98. The van der Waals surface area contributed by atoms with Crippen molar-refractivity contribution in [2.24, 2.45) is 5.92 Å². The Labute approximate surface area is 144 Å². The van der Waals surface area contributed by atoms with Crippen molar-refractivity contribution in [1.82, 2.24) is 26.0 Å². The van der Waals surface area contributed by atoms with Crippen molar-refractivity contribution in [3.8, 4) is 0 Å². The molecule has 7 heteroatoms. The summed E-state index contributed by atoms with van der Waals surface area (Å²) in [4.78, 5) is 2.70. The maximum Gasteiger partial charge on any atom is 0.129 e. The molecule has 3 N–H and O–H groups in total. The monoisotopic (exact) mass is 341 g/mol. The third kappa shape index (κ3) is 3.56. The molecule has 0 aromatic carbocycles. The fourth-order valence-corrected chi connectivity index (χ4v) is 5.23. The smallest absolute Gasteiger partial charge is 0.129 e. The lowest BCUT2D eigenvalue weighted by Crippen LogP contribution is -2.68. The number of rotatable bonds is 2. The Morgan fingerprint density at radius 3 is 2.70 bits per heavy atom. The molecule has 3 saturated heterocycles. The van der Waals surface area contributed by atoms with Gasteiger partial charge in [0.05, 0.1) is 13.2 Å². The van der Waals surface area contributed by atoms with E-state index in [1.54, 1.807) is 0 Å². The van der Waals surface area contributed by atoms with Gasteiger partial charge in [0.1, 0.15) is 11.8 Å². The summed E-state index contributed by atoms with van der Waals surface area (Å²) in [6.07, 6.45) is 9.27. The van der Waals surface area contributed by atoms with Crippen molar-refractivity contribution in [3.63, 3.8) is 0 Å². The SMILES string of the molecule is CSC1NC2NC3C(CCCCCC3N3CCOCC3)CN2N1. The van der Waals surface area contributed by atoms with E-state index in [4.69, 9.17) is 4.74 Å². The molecule has 5 unspecified atom stereocenters. The van der Waals surface area contributed by atoms with E-state index in [-0.39, 0.29) is 6.29 Å². The van der Waals surface area contributed by atoms with Crippen LogP contribution in [0.3, 0.4) is 0 Å². The van der Waals surface area contributed by atoms with Gasteiger partial charge in [-0.1, -0.05) is 19.3 Å². The zero-order valence-electron chi connectivity index (χ0n) is 14.2. The van der Waals surface area contributed by atoms with Gasteiger partial charge in [0.25, 0.3) is 0 Å². The number of nitrogens with zero attached hydrogens (tertiary/aromatic N) is 2. The van der Waals surface area contributed by atoms with Crippen molar-refractivity contribution < 1.29 is 4.74 Å². The van der Waals surface area contributed by atoms with Crippen LogP contribution in [0.1, 0.15) is 32.1 Å². The minimum absolute atomic E-state index is 0.275. The molecule has 0 spiro atoms. The third-order valence-corrected chi connectivity index (χ3v) is 6.65. The normalized spacial score (nSPS) is 43.4. The fourth-order valence-electron chi connectivity index (χ4n) is 4.73. The van der Waals surface area contributed by atoms with E-state index in [2.05, 4.69) is 32.2 Å². The van der Waals surface area contributed by atoms with Gasteiger partial charge in [-0.2, -0.15) is 0 Å². The molecule has 3 heterocycles. The Hall–Kier alpha value is 0.110. The molecule has 0 bridgehead atoms. The van der Waals surface area contributed by atoms with Crippen LogP contribution in [-0.2, 0) is 4.74 Å². The molecule has 23 heavy (non-hydrogen) atoms. The van der Waals surface area contributed by atoms with E-state index in [1.165, 1.54) is 32.1 Å². The van der Waals surface area contributed by atoms with E-state index in [0.717, 1.165) is 38.8 Å². The zero-order chi connectivity index (χ0) is 15.6. The van der Waals surface area contributed by atoms with Crippen LogP contribution in [0.4, 0.5) is 0 Å². The highest BCUT2D eigenvalue weighted by Gasteiger charge is 2.44. The molecule has 0 amide bonds. The second-order valence-electron chi connectivity index (χ2n) is 7.27. The summed E-state index contributed by atoms with van der Waals surface area (Å²) in [6, 6.07) is 1.27. The maximum absolute atomic E-state index is 5.59. The van der Waals surface area contributed by atoms with Gasteiger partial charge in [-0.15, -0.1) is 11.8 Å². The first kappa shape index (κ1) is 16.6. The van der Waals surface area contributed by atoms with Crippen LogP contribution >= 0.6 is 11.8 Å². The highest BCUT2D eigenvalue weighted by atomic mass is 32.2. The van der Waals surface area contributed by atoms with Gasteiger partial charge < -0.3 is 4.74 Å². The van der Waals surface area contributed by atoms with Gasteiger partial charge in [0.15, 0.2) is 0 Å². The van der Waals surface area contributed by atoms with Gasteiger partial charge in [0.2, 0.25) is 0 Å². The molecule has 4 rings (SSSR count). The topological polar surface area (TPSA) is 51.8 Å². The highest BCUT2D eigenvalue weighted by molar-refractivity contribution is 7.99. The quantitative estimate of drug-likeness (QED) is 0.679. The maximum atomic E-state index is 5.59.